The zero-order valence-corrected chi connectivity index (χ0v) is 18.2. The number of hydrogen-bond donors (Lipinski definition) is 0. The minimum absolute atomic E-state index is 0.0136. The average Bonchev–Trinajstić information content (AvgIpc) is 2.82. The number of nitrogens with zero attached hydrogens (tertiary/aromatic N) is 3. The highest BCUT2D eigenvalue weighted by molar-refractivity contribution is 6.18. The molecule has 0 bridgehead atoms. The predicted octanol–water partition coefficient (Wildman–Crippen LogP) is 4.97. The summed E-state index contributed by atoms with van der Waals surface area (Å²) in [5.41, 5.74) is 3.46. The summed E-state index contributed by atoms with van der Waals surface area (Å²) in [6.45, 7) is 5.96. The molecule has 1 unspecified atom stereocenters. The number of allylic oxidation sites excluding steroid dienone is 1. The van der Waals surface area contributed by atoms with E-state index in [0.29, 0.717) is 6.61 Å². The highest BCUT2D eigenvalue weighted by Crippen LogP contribution is 2.42. The Labute approximate surface area is 185 Å². The van der Waals surface area contributed by atoms with Crippen LogP contribution in [0.3, 0.4) is 0 Å². The van der Waals surface area contributed by atoms with Crippen molar-refractivity contribution in [2.24, 2.45) is 5.16 Å². The standard InChI is InChI=1S/C26H31N3O2/c1-21(27-31-19-11-18-28-16-9-4-10-17-28)20-24-25(22-12-5-2-6-13-22)29(26(24)30)23-14-7-3-8-15-23/h2-3,5-8,12-15,20,25H,4,9-11,16-19H2,1H3/b24-20+,27-21?. The monoisotopic (exact) mass is 417 g/mol. The Morgan fingerprint density at radius 3 is 2.42 bits per heavy atom. The number of anilines is 1. The van der Waals surface area contributed by atoms with Gasteiger partial charge < -0.3 is 9.74 Å². The lowest BCUT2D eigenvalue weighted by Crippen LogP contribution is -2.49. The second-order valence-corrected chi connectivity index (χ2v) is 8.25. The van der Waals surface area contributed by atoms with Crippen LogP contribution in [0, 0.1) is 0 Å². The maximum absolute atomic E-state index is 13.0. The van der Waals surface area contributed by atoms with Gasteiger partial charge in [-0.2, -0.15) is 0 Å². The molecule has 4 rings (SSSR count). The van der Waals surface area contributed by atoms with Gasteiger partial charge in [-0.05, 0) is 63.0 Å². The molecule has 1 amide bonds. The Kier molecular flexibility index (Phi) is 7.15. The third-order valence-electron chi connectivity index (χ3n) is 5.90. The molecule has 2 aromatic carbocycles. The summed E-state index contributed by atoms with van der Waals surface area (Å²) in [7, 11) is 0. The molecule has 0 saturated carbocycles. The van der Waals surface area contributed by atoms with E-state index in [1.165, 1.54) is 32.4 Å². The molecule has 0 spiro atoms. The first kappa shape index (κ1) is 21.3. The van der Waals surface area contributed by atoms with Gasteiger partial charge in [-0.1, -0.05) is 60.1 Å². The fourth-order valence-corrected chi connectivity index (χ4v) is 4.34. The number of piperidine rings is 1. The van der Waals surface area contributed by atoms with E-state index in [0.717, 1.165) is 35.5 Å². The summed E-state index contributed by atoms with van der Waals surface area (Å²) in [5, 5.41) is 4.24. The summed E-state index contributed by atoms with van der Waals surface area (Å²) in [5.74, 6) is 0.0136. The van der Waals surface area contributed by atoms with E-state index >= 15 is 0 Å². The van der Waals surface area contributed by atoms with Crippen LogP contribution in [0.25, 0.3) is 0 Å². The highest BCUT2D eigenvalue weighted by Gasteiger charge is 2.43. The number of benzene rings is 2. The van der Waals surface area contributed by atoms with Crippen molar-refractivity contribution in [1.29, 1.82) is 0 Å². The van der Waals surface area contributed by atoms with Gasteiger partial charge in [-0.15, -0.1) is 0 Å². The summed E-state index contributed by atoms with van der Waals surface area (Å²) in [4.78, 5) is 22.9. The first-order chi connectivity index (χ1) is 15.2. The molecule has 0 aromatic heterocycles. The molecule has 2 aromatic rings. The summed E-state index contributed by atoms with van der Waals surface area (Å²) in [6, 6.07) is 19.8. The van der Waals surface area contributed by atoms with E-state index < -0.39 is 0 Å². The average molecular weight is 418 g/mol. The van der Waals surface area contributed by atoms with E-state index in [4.69, 9.17) is 4.84 Å². The van der Waals surface area contributed by atoms with Crippen LogP contribution < -0.4 is 4.90 Å². The van der Waals surface area contributed by atoms with Crippen LogP contribution in [-0.4, -0.2) is 42.8 Å². The van der Waals surface area contributed by atoms with Crippen molar-refractivity contribution < 1.29 is 9.63 Å². The van der Waals surface area contributed by atoms with Crippen LogP contribution in [0.15, 0.2) is 77.5 Å². The van der Waals surface area contributed by atoms with Gasteiger partial charge in [-0.25, -0.2) is 0 Å². The quantitative estimate of drug-likeness (QED) is 0.200. The van der Waals surface area contributed by atoms with E-state index in [-0.39, 0.29) is 11.9 Å². The highest BCUT2D eigenvalue weighted by atomic mass is 16.6. The fraction of sp³-hybridized carbons (Fsp3) is 0.385. The van der Waals surface area contributed by atoms with Crippen LogP contribution >= 0.6 is 0 Å². The second-order valence-electron chi connectivity index (χ2n) is 8.25. The molecular weight excluding hydrogens is 386 g/mol. The molecule has 5 nitrogen and oxygen atoms in total. The Bertz CT molecular complexity index is 918. The van der Waals surface area contributed by atoms with Gasteiger partial charge in [0.25, 0.3) is 5.91 Å². The molecule has 1 atom stereocenters. The molecule has 2 saturated heterocycles. The zero-order chi connectivity index (χ0) is 21.5. The summed E-state index contributed by atoms with van der Waals surface area (Å²) in [6.07, 6.45) is 6.81. The smallest absolute Gasteiger partial charge is 0.257 e. The molecule has 2 aliphatic rings. The maximum Gasteiger partial charge on any atom is 0.257 e. The van der Waals surface area contributed by atoms with Crippen molar-refractivity contribution in [3.05, 3.63) is 77.9 Å². The second kappa shape index (κ2) is 10.4. The van der Waals surface area contributed by atoms with Gasteiger partial charge in [0.15, 0.2) is 0 Å². The maximum atomic E-state index is 13.0. The number of carbonyl (C=O) groups excluding carboxylic acids is 1. The molecule has 2 aliphatic heterocycles. The van der Waals surface area contributed by atoms with E-state index in [1.54, 1.807) is 0 Å². The van der Waals surface area contributed by atoms with E-state index in [9.17, 15) is 4.79 Å². The number of oxime groups is 1. The van der Waals surface area contributed by atoms with Crippen LogP contribution in [-0.2, 0) is 9.63 Å². The molecule has 0 N–H and O–H groups in total. The molecule has 31 heavy (non-hydrogen) atoms. The molecule has 2 fully saturated rings. The Hall–Kier alpha value is -2.92. The Morgan fingerprint density at radius 2 is 1.71 bits per heavy atom. The van der Waals surface area contributed by atoms with Gasteiger partial charge in [-0.3, -0.25) is 9.69 Å². The number of likely N-dealkylation sites (tertiary alicyclic amines) is 1. The van der Waals surface area contributed by atoms with Crippen molar-refractivity contribution in [2.75, 3.05) is 31.1 Å². The number of hydrogen-bond acceptors (Lipinski definition) is 4. The van der Waals surface area contributed by atoms with Crippen molar-refractivity contribution in [1.82, 2.24) is 4.90 Å². The van der Waals surface area contributed by atoms with Gasteiger partial charge >= 0.3 is 0 Å². The van der Waals surface area contributed by atoms with Crippen molar-refractivity contribution in [2.45, 2.75) is 38.6 Å². The Morgan fingerprint density at radius 1 is 1.03 bits per heavy atom. The molecule has 0 radical (unpaired) electrons. The fourth-order valence-electron chi connectivity index (χ4n) is 4.34. The SMILES string of the molecule is CC(/C=C1/C(=O)N(c2ccccc2)C1c1ccccc1)=NOCCCN1CCCCC1. The third kappa shape index (κ3) is 5.23. The predicted molar refractivity (Wildman–Crippen MR) is 125 cm³/mol. The van der Waals surface area contributed by atoms with Crippen LogP contribution in [0.2, 0.25) is 0 Å². The van der Waals surface area contributed by atoms with Crippen molar-refractivity contribution in [3.8, 4) is 0 Å². The van der Waals surface area contributed by atoms with Gasteiger partial charge in [0.05, 0.1) is 11.8 Å². The minimum atomic E-state index is -0.111. The number of amides is 1. The van der Waals surface area contributed by atoms with Gasteiger partial charge in [0, 0.05) is 17.8 Å². The largest absolute Gasteiger partial charge is 0.396 e. The first-order valence-electron chi connectivity index (χ1n) is 11.3. The molecule has 2 heterocycles. The lowest BCUT2D eigenvalue weighted by Gasteiger charge is -2.43. The lowest BCUT2D eigenvalue weighted by atomic mass is 9.86. The molecular formula is C26H31N3O2. The van der Waals surface area contributed by atoms with E-state index in [1.807, 2.05) is 66.4 Å². The van der Waals surface area contributed by atoms with E-state index in [2.05, 4.69) is 22.2 Å². The Balaban J connectivity index is 1.40. The zero-order valence-electron chi connectivity index (χ0n) is 18.2. The summed E-state index contributed by atoms with van der Waals surface area (Å²) >= 11 is 0. The third-order valence-corrected chi connectivity index (χ3v) is 5.90. The van der Waals surface area contributed by atoms with Crippen molar-refractivity contribution in [3.63, 3.8) is 0 Å². The van der Waals surface area contributed by atoms with Crippen LogP contribution in [0.1, 0.15) is 44.2 Å². The molecule has 162 valence electrons. The minimum Gasteiger partial charge on any atom is -0.396 e. The van der Waals surface area contributed by atoms with Gasteiger partial charge in [0.1, 0.15) is 6.61 Å². The van der Waals surface area contributed by atoms with Crippen molar-refractivity contribution >= 4 is 17.3 Å². The van der Waals surface area contributed by atoms with Crippen LogP contribution in [0.5, 0.6) is 0 Å². The molecule has 5 heteroatoms. The number of para-hydroxylation sites is 1. The normalized spacial score (nSPS) is 21.3. The first-order valence-corrected chi connectivity index (χ1v) is 11.3. The lowest BCUT2D eigenvalue weighted by molar-refractivity contribution is -0.119. The number of rotatable bonds is 8. The molecule has 0 aliphatic carbocycles. The van der Waals surface area contributed by atoms with Crippen LogP contribution in [0.4, 0.5) is 5.69 Å². The number of β-lactam (4-membered cyclic amide) rings is 1. The summed E-state index contributed by atoms with van der Waals surface area (Å²) < 4.78 is 0. The number of carbonyl (C=O) groups is 1. The topological polar surface area (TPSA) is 45.1 Å². The van der Waals surface area contributed by atoms with Gasteiger partial charge in [0.2, 0.25) is 0 Å².